The lowest BCUT2D eigenvalue weighted by Crippen LogP contribution is -2.21. The number of anilines is 2. The molecule has 0 aliphatic carbocycles. The molecule has 2 N–H and O–H groups in total. The number of carbonyl (C=O) groups is 3. The Labute approximate surface area is 174 Å². The number of ether oxygens (including phenoxy) is 1. The maximum absolute atomic E-state index is 12.4. The Balaban J connectivity index is 1.61. The molecule has 7 heteroatoms. The van der Waals surface area contributed by atoms with Gasteiger partial charge in [0.2, 0.25) is 0 Å². The van der Waals surface area contributed by atoms with Crippen molar-refractivity contribution in [2.75, 3.05) is 17.2 Å². The van der Waals surface area contributed by atoms with Crippen molar-refractivity contribution in [1.82, 2.24) is 0 Å². The van der Waals surface area contributed by atoms with Crippen molar-refractivity contribution in [2.45, 2.75) is 20.8 Å². The fourth-order valence-corrected chi connectivity index (χ4v) is 2.93. The highest BCUT2D eigenvalue weighted by Gasteiger charge is 2.15. The molecular weight excluding hydrogens is 384 g/mol. The van der Waals surface area contributed by atoms with E-state index in [1.54, 1.807) is 25.1 Å². The van der Waals surface area contributed by atoms with Gasteiger partial charge in [0.25, 0.3) is 11.8 Å². The van der Waals surface area contributed by atoms with Gasteiger partial charge in [-0.25, -0.2) is 4.79 Å². The lowest BCUT2D eigenvalue weighted by atomic mass is 10.1. The van der Waals surface area contributed by atoms with Crippen LogP contribution in [0.4, 0.5) is 11.4 Å². The maximum atomic E-state index is 12.4. The molecule has 0 atom stereocenters. The summed E-state index contributed by atoms with van der Waals surface area (Å²) in [6.07, 6.45) is 1.40. The van der Waals surface area contributed by atoms with Crippen LogP contribution in [0.3, 0.4) is 0 Å². The Morgan fingerprint density at radius 1 is 0.933 bits per heavy atom. The minimum Gasteiger partial charge on any atom is -0.459 e. The minimum absolute atomic E-state index is 0.158. The summed E-state index contributed by atoms with van der Waals surface area (Å²) in [6, 6.07) is 13.6. The predicted molar refractivity (Wildman–Crippen MR) is 113 cm³/mol. The summed E-state index contributed by atoms with van der Waals surface area (Å²) in [6.45, 7) is 5.24. The summed E-state index contributed by atoms with van der Waals surface area (Å²) in [4.78, 5) is 36.6. The first-order valence-corrected chi connectivity index (χ1v) is 9.32. The summed E-state index contributed by atoms with van der Waals surface area (Å²) in [7, 11) is 0. The number of nitrogens with one attached hydrogen (secondary N) is 2. The van der Waals surface area contributed by atoms with Crippen LogP contribution in [0.5, 0.6) is 0 Å². The largest absolute Gasteiger partial charge is 0.459 e. The number of furan rings is 1. The van der Waals surface area contributed by atoms with E-state index < -0.39 is 24.4 Å². The molecule has 1 heterocycles. The minimum atomic E-state index is -0.668. The van der Waals surface area contributed by atoms with Gasteiger partial charge in [-0.3, -0.25) is 9.59 Å². The molecule has 1 aromatic heterocycles. The van der Waals surface area contributed by atoms with Gasteiger partial charge in [-0.2, -0.15) is 0 Å². The monoisotopic (exact) mass is 406 g/mol. The highest BCUT2D eigenvalue weighted by molar-refractivity contribution is 6.03. The third kappa shape index (κ3) is 5.35. The highest BCUT2D eigenvalue weighted by atomic mass is 16.5. The van der Waals surface area contributed by atoms with Gasteiger partial charge in [0.15, 0.2) is 12.4 Å². The van der Waals surface area contributed by atoms with Crippen LogP contribution in [-0.2, 0) is 9.53 Å². The van der Waals surface area contributed by atoms with Gasteiger partial charge >= 0.3 is 5.97 Å². The van der Waals surface area contributed by atoms with E-state index in [1.807, 2.05) is 32.0 Å². The third-order valence-electron chi connectivity index (χ3n) is 4.31. The average molecular weight is 406 g/mol. The molecule has 0 saturated heterocycles. The van der Waals surface area contributed by atoms with Gasteiger partial charge in [-0.1, -0.05) is 12.1 Å². The molecule has 3 rings (SSSR count). The highest BCUT2D eigenvalue weighted by Crippen LogP contribution is 2.19. The number of hydrogen-bond donors (Lipinski definition) is 2. The Bertz CT molecular complexity index is 1070. The quantitative estimate of drug-likeness (QED) is 0.597. The van der Waals surface area contributed by atoms with E-state index in [4.69, 9.17) is 9.15 Å². The van der Waals surface area contributed by atoms with E-state index in [0.29, 0.717) is 11.4 Å². The molecule has 0 aliphatic rings. The molecule has 2 aromatic carbocycles. The molecule has 154 valence electrons. The molecule has 0 spiro atoms. The normalized spacial score (nSPS) is 10.4. The second-order valence-electron chi connectivity index (χ2n) is 6.96. The van der Waals surface area contributed by atoms with Crippen LogP contribution < -0.4 is 10.6 Å². The average Bonchev–Trinajstić information content (AvgIpc) is 3.22. The van der Waals surface area contributed by atoms with Crippen molar-refractivity contribution < 1.29 is 23.5 Å². The van der Waals surface area contributed by atoms with Crippen LogP contribution in [0.2, 0.25) is 0 Å². The van der Waals surface area contributed by atoms with Crippen molar-refractivity contribution in [2.24, 2.45) is 0 Å². The van der Waals surface area contributed by atoms with Gasteiger partial charge in [-0.05, 0) is 73.9 Å². The SMILES string of the molecule is Cc1cc(C)cc(NC(=O)COC(=O)c2ccc(C)c(NC(=O)c3ccco3)c2)c1. The van der Waals surface area contributed by atoms with E-state index in [0.717, 1.165) is 16.7 Å². The van der Waals surface area contributed by atoms with Crippen molar-refractivity contribution >= 4 is 29.2 Å². The molecule has 0 aliphatic heterocycles. The number of benzene rings is 2. The van der Waals surface area contributed by atoms with Gasteiger partial charge in [0, 0.05) is 11.4 Å². The van der Waals surface area contributed by atoms with E-state index in [9.17, 15) is 14.4 Å². The van der Waals surface area contributed by atoms with Crippen molar-refractivity contribution in [3.05, 3.63) is 82.8 Å². The standard InChI is InChI=1S/C23H22N2O5/c1-14-9-15(2)11-18(10-14)24-21(26)13-30-23(28)17-7-6-16(3)19(12-17)25-22(27)20-5-4-8-29-20/h4-12H,13H2,1-3H3,(H,24,26)(H,25,27). The van der Waals surface area contributed by atoms with Crippen LogP contribution in [0, 0.1) is 20.8 Å². The van der Waals surface area contributed by atoms with Crippen LogP contribution in [-0.4, -0.2) is 24.4 Å². The number of hydrogen-bond acceptors (Lipinski definition) is 5. The molecule has 0 radical (unpaired) electrons. The smallest absolute Gasteiger partial charge is 0.338 e. The molecule has 7 nitrogen and oxygen atoms in total. The van der Waals surface area contributed by atoms with E-state index in [1.165, 1.54) is 18.4 Å². The topological polar surface area (TPSA) is 97.6 Å². The number of rotatable bonds is 6. The first kappa shape index (κ1) is 20.9. The van der Waals surface area contributed by atoms with Crippen molar-refractivity contribution in [3.63, 3.8) is 0 Å². The van der Waals surface area contributed by atoms with Crippen LogP contribution in [0.25, 0.3) is 0 Å². The second-order valence-corrected chi connectivity index (χ2v) is 6.96. The van der Waals surface area contributed by atoms with E-state index in [2.05, 4.69) is 10.6 Å². The van der Waals surface area contributed by atoms with E-state index in [-0.39, 0.29) is 11.3 Å². The molecule has 0 saturated carbocycles. The first-order valence-electron chi connectivity index (χ1n) is 9.32. The van der Waals surface area contributed by atoms with Crippen molar-refractivity contribution in [3.8, 4) is 0 Å². The van der Waals surface area contributed by atoms with E-state index >= 15 is 0 Å². The number of amides is 2. The van der Waals surface area contributed by atoms with Crippen LogP contribution in [0.15, 0.2) is 59.2 Å². The molecule has 0 fully saturated rings. The molecular formula is C23H22N2O5. The number of carbonyl (C=O) groups excluding carboxylic acids is 3. The Hall–Kier alpha value is -3.87. The summed E-state index contributed by atoms with van der Waals surface area (Å²) >= 11 is 0. The zero-order chi connectivity index (χ0) is 21.7. The molecule has 3 aromatic rings. The lowest BCUT2D eigenvalue weighted by Gasteiger charge is -2.11. The van der Waals surface area contributed by atoms with Crippen LogP contribution >= 0.6 is 0 Å². The van der Waals surface area contributed by atoms with Gasteiger partial charge in [-0.15, -0.1) is 0 Å². The summed E-state index contributed by atoms with van der Waals surface area (Å²) in [5.74, 6) is -1.38. The lowest BCUT2D eigenvalue weighted by molar-refractivity contribution is -0.119. The van der Waals surface area contributed by atoms with Gasteiger partial charge in [0.05, 0.1) is 11.8 Å². The Kier molecular flexibility index (Phi) is 6.32. The molecule has 2 amide bonds. The predicted octanol–water partition coefficient (Wildman–Crippen LogP) is 4.25. The number of esters is 1. The number of aryl methyl sites for hydroxylation is 3. The summed E-state index contributed by atoms with van der Waals surface area (Å²) in [5, 5.41) is 5.41. The fraction of sp³-hybridized carbons (Fsp3) is 0.174. The first-order chi connectivity index (χ1) is 14.3. The van der Waals surface area contributed by atoms with Crippen LogP contribution in [0.1, 0.15) is 37.6 Å². The maximum Gasteiger partial charge on any atom is 0.338 e. The Morgan fingerprint density at radius 3 is 2.33 bits per heavy atom. The molecule has 0 bridgehead atoms. The third-order valence-corrected chi connectivity index (χ3v) is 4.31. The molecule has 30 heavy (non-hydrogen) atoms. The zero-order valence-corrected chi connectivity index (χ0v) is 16.9. The summed E-state index contributed by atoms with van der Waals surface area (Å²) in [5.41, 5.74) is 4.11. The Morgan fingerprint density at radius 2 is 1.67 bits per heavy atom. The zero-order valence-electron chi connectivity index (χ0n) is 16.9. The molecule has 0 unspecified atom stereocenters. The fourth-order valence-electron chi connectivity index (χ4n) is 2.93. The van der Waals surface area contributed by atoms with Crippen molar-refractivity contribution in [1.29, 1.82) is 0 Å². The second kappa shape index (κ2) is 9.09. The van der Waals surface area contributed by atoms with Gasteiger partial charge in [0.1, 0.15) is 0 Å². The van der Waals surface area contributed by atoms with Gasteiger partial charge < -0.3 is 19.8 Å². The summed E-state index contributed by atoms with van der Waals surface area (Å²) < 4.78 is 10.2.